The number of hydrogen-bond donors (Lipinski definition) is 0. The molecule has 0 amide bonds. The van der Waals surface area contributed by atoms with Crippen molar-refractivity contribution in [2.75, 3.05) is 20.8 Å². The highest BCUT2D eigenvalue weighted by molar-refractivity contribution is 7.98. The summed E-state index contributed by atoms with van der Waals surface area (Å²) in [5.41, 5.74) is 2.61. The Labute approximate surface area is 178 Å². The Morgan fingerprint density at radius 2 is 1.90 bits per heavy atom. The van der Waals surface area contributed by atoms with Crippen molar-refractivity contribution >= 4 is 29.3 Å². The van der Waals surface area contributed by atoms with Crippen molar-refractivity contribution in [3.8, 4) is 22.8 Å². The van der Waals surface area contributed by atoms with Crippen LogP contribution in [0.3, 0.4) is 0 Å². The van der Waals surface area contributed by atoms with Gasteiger partial charge in [0.25, 0.3) is 0 Å². The van der Waals surface area contributed by atoms with Gasteiger partial charge >= 0.3 is 5.97 Å². The van der Waals surface area contributed by atoms with E-state index in [1.807, 2.05) is 43.3 Å². The molecule has 8 heteroatoms. The van der Waals surface area contributed by atoms with E-state index in [9.17, 15) is 4.79 Å². The number of hydrogen-bond acceptors (Lipinski definition) is 7. The number of halogens is 1. The highest BCUT2D eigenvalue weighted by Crippen LogP contribution is 2.37. The van der Waals surface area contributed by atoms with Gasteiger partial charge in [0.2, 0.25) is 0 Å². The van der Waals surface area contributed by atoms with Crippen molar-refractivity contribution in [2.45, 2.75) is 17.6 Å². The molecule has 3 rings (SSSR count). The number of esters is 1. The van der Waals surface area contributed by atoms with Crippen LogP contribution in [0.15, 0.2) is 51.9 Å². The number of benzene rings is 2. The fourth-order valence-electron chi connectivity index (χ4n) is 2.55. The van der Waals surface area contributed by atoms with Gasteiger partial charge in [-0.25, -0.2) is 4.79 Å². The Bertz CT molecular complexity index is 987. The van der Waals surface area contributed by atoms with Crippen LogP contribution in [-0.2, 0) is 15.3 Å². The van der Waals surface area contributed by atoms with Crippen LogP contribution >= 0.6 is 23.4 Å². The Morgan fingerprint density at radius 3 is 2.59 bits per heavy atom. The molecule has 0 aliphatic heterocycles. The molecule has 0 fully saturated rings. The van der Waals surface area contributed by atoms with Crippen LogP contribution in [0.4, 0.5) is 0 Å². The van der Waals surface area contributed by atoms with Crippen LogP contribution in [0.2, 0.25) is 5.02 Å². The van der Waals surface area contributed by atoms with Crippen molar-refractivity contribution in [1.29, 1.82) is 0 Å². The van der Waals surface area contributed by atoms with E-state index in [2.05, 4.69) is 9.89 Å². The maximum absolute atomic E-state index is 11.3. The normalized spacial score (nSPS) is 10.6. The summed E-state index contributed by atoms with van der Waals surface area (Å²) >= 11 is 7.50. The number of thioether (sulfide) groups is 1. The minimum Gasteiger partial charge on any atom is -0.495 e. The molecule has 29 heavy (non-hydrogen) atoms. The molecule has 152 valence electrons. The Hall–Kier alpha value is -2.64. The van der Waals surface area contributed by atoms with Crippen LogP contribution < -0.4 is 9.47 Å². The first-order valence-corrected chi connectivity index (χ1v) is 10.1. The number of aryl methyl sites for hydroxylation is 1. The summed E-state index contributed by atoms with van der Waals surface area (Å²) in [5, 5.41) is 4.81. The molecule has 2 aromatic carbocycles. The molecule has 0 unspecified atom stereocenters. The standard InChI is InChI=1S/C21H20ClNO5S/c1-13-8-20(19(25-2)10-17(13)27-11-21(24)26-3)29-12-16-9-18(28-23-16)14-4-6-15(22)7-5-14/h4-10H,11-12H2,1-3H3. The van der Waals surface area contributed by atoms with Crippen molar-refractivity contribution in [3.63, 3.8) is 0 Å². The molecule has 0 saturated heterocycles. The average Bonchev–Trinajstić information content (AvgIpc) is 3.20. The lowest BCUT2D eigenvalue weighted by atomic mass is 10.2. The van der Waals surface area contributed by atoms with Gasteiger partial charge in [0.05, 0.1) is 24.8 Å². The van der Waals surface area contributed by atoms with Crippen molar-refractivity contribution in [2.24, 2.45) is 0 Å². The minimum atomic E-state index is -0.440. The second-order valence-corrected chi connectivity index (χ2v) is 7.57. The lowest BCUT2D eigenvalue weighted by Crippen LogP contribution is -2.13. The topological polar surface area (TPSA) is 70.8 Å². The molecule has 0 bridgehead atoms. The van der Waals surface area contributed by atoms with Gasteiger partial charge in [-0.1, -0.05) is 16.8 Å². The molecule has 0 spiro atoms. The number of ether oxygens (including phenoxy) is 3. The lowest BCUT2D eigenvalue weighted by Gasteiger charge is -2.13. The summed E-state index contributed by atoms with van der Waals surface area (Å²) in [6.07, 6.45) is 0. The van der Waals surface area contributed by atoms with Crippen molar-refractivity contribution in [1.82, 2.24) is 5.16 Å². The first kappa shape index (κ1) is 21.1. The second-order valence-electron chi connectivity index (χ2n) is 6.11. The summed E-state index contributed by atoms with van der Waals surface area (Å²) in [5.74, 6) is 2.08. The summed E-state index contributed by atoms with van der Waals surface area (Å²) in [6, 6.07) is 13.0. The molecule has 0 saturated carbocycles. The minimum absolute atomic E-state index is 0.153. The van der Waals surface area contributed by atoms with Gasteiger partial charge in [0.1, 0.15) is 11.5 Å². The first-order chi connectivity index (χ1) is 14.0. The smallest absolute Gasteiger partial charge is 0.343 e. The van der Waals surface area contributed by atoms with E-state index in [4.69, 9.17) is 25.6 Å². The SMILES string of the molecule is COC(=O)COc1cc(OC)c(SCc2cc(-c3ccc(Cl)cc3)on2)cc1C. The fourth-order valence-corrected chi connectivity index (χ4v) is 3.66. The highest BCUT2D eigenvalue weighted by Gasteiger charge is 2.13. The molecule has 0 aliphatic rings. The molecule has 0 aliphatic carbocycles. The molecule has 1 heterocycles. The summed E-state index contributed by atoms with van der Waals surface area (Å²) in [4.78, 5) is 12.2. The highest BCUT2D eigenvalue weighted by atomic mass is 35.5. The zero-order valence-electron chi connectivity index (χ0n) is 16.2. The molecule has 0 radical (unpaired) electrons. The number of carbonyl (C=O) groups excluding carboxylic acids is 1. The average molecular weight is 434 g/mol. The monoisotopic (exact) mass is 433 g/mol. The maximum atomic E-state index is 11.3. The van der Waals surface area contributed by atoms with E-state index >= 15 is 0 Å². The Morgan fingerprint density at radius 1 is 1.14 bits per heavy atom. The van der Waals surface area contributed by atoms with Gasteiger partial charge in [0.15, 0.2) is 12.4 Å². The molecule has 0 atom stereocenters. The quantitative estimate of drug-likeness (QED) is 0.359. The summed E-state index contributed by atoms with van der Waals surface area (Å²) in [6.45, 7) is 1.75. The number of nitrogens with zero attached hydrogens (tertiary/aromatic N) is 1. The van der Waals surface area contributed by atoms with Crippen molar-refractivity contribution < 1.29 is 23.5 Å². The maximum Gasteiger partial charge on any atom is 0.343 e. The Kier molecular flexibility index (Phi) is 7.06. The van der Waals surface area contributed by atoms with Crippen LogP contribution in [0, 0.1) is 6.92 Å². The van der Waals surface area contributed by atoms with Crippen LogP contribution in [0.25, 0.3) is 11.3 Å². The number of carbonyl (C=O) groups is 1. The number of aromatic nitrogens is 1. The van der Waals surface area contributed by atoms with Gasteiger partial charge in [-0.2, -0.15) is 0 Å². The van der Waals surface area contributed by atoms with E-state index in [1.54, 1.807) is 24.9 Å². The van der Waals surface area contributed by atoms with Gasteiger partial charge in [-0.3, -0.25) is 0 Å². The van der Waals surface area contributed by atoms with Gasteiger partial charge < -0.3 is 18.7 Å². The molecular formula is C21H20ClNO5S. The molecular weight excluding hydrogens is 414 g/mol. The zero-order chi connectivity index (χ0) is 20.8. The predicted molar refractivity (Wildman–Crippen MR) is 112 cm³/mol. The molecule has 3 aromatic rings. The number of methoxy groups -OCH3 is 2. The van der Waals surface area contributed by atoms with Gasteiger partial charge in [0, 0.05) is 28.5 Å². The molecule has 6 nitrogen and oxygen atoms in total. The third-order valence-electron chi connectivity index (χ3n) is 4.10. The third-order valence-corrected chi connectivity index (χ3v) is 5.42. The third kappa shape index (κ3) is 5.46. The first-order valence-electron chi connectivity index (χ1n) is 8.72. The fraction of sp³-hybridized carbons (Fsp3) is 0.238. The summed E-state index contributed by atoms with van der Waals surface area (Å²) in [7, 11) is 2.91. The van der Waals surface area contributed by atoms with Crippen LogP contribution in [-0.4, -0.2) is 32.0 Å². The Balaban J connectivity index is 1.69. The van der Waals surface area contributed by atoms with Crippen LogP contribution in [0.5, 0.6) is 11.5 Å². The number of rotatable bonds is 8. The molecule has 1 aromatic heterocycles. The zero-order valence-corrected chi connectivity index (χ0v) is 17.8. The van der Waals surface area contributed by atoms with Crippen molar-refractivity contribution in [3.05, 3.63) is 58.7 Å². The largest absolute Gasteiger partial charge is 0.495 e. The van der Waals surface area contributed by atoms with E-state index in [0.717, 1.165) is 21.7 Å². The van der Waals surface area contributed by atoms with Gasteiger partial charge in [-0.05, 0) is 42.8 Å². The van der Waals surface area contributed by atoms with E-state index < -0.39 is 5.97 Å². The van der Waals surface area contributed by atoms with Gasteiger partial charge in [-0.15, -0.1) is 11.8 Å². The van der Waals surface area contributed by atoms with E-state index in [0.29, 0.717) is 28.0 Å². The van der Waals surface area contributed by atoms with E-state index in [1.165, 1.54) is 7.11 Å². The van der Waals surface area contributed by atoms with E-state index in [-0.39, 0.29) is 6.61 Å². The predicted octanol–water partition coefficient (Wildman–Crippen LogP) is 5.16. The second kappa shape index (κ2) is 9.71. The summed E-state index contributed by atoms with van der Waals surface area (Å²) < 4.78 is 21.0. The molecule has 0 N–H and O–H groups in total. The van der Waals surface area contributed by atoms with Crippen LogP contribution in [0.1, 0.15) is 11.3 Å². The lowest BCUT2D eigenvalue weighted by molar-refractivity contribution is -0.142.